The predicted molar refractivity (Wildman–Crippen MR) is 77.9 cm³/mol. The molecule has 1 N–H and O–H groups in total. The van der Waals surface area contributed by atoms with Crippen molar-refractivity contribution in [3.05, 3.63) is 23.8 Å². The minimum Gasteiger partial charge on any atom is -0.304 e. The van der Waals surface area contributed by atoms with Crippen LogP contribution in [0, 0.1) is 11.5 Å². The summed E-state index contributed by atoms with van der Waals surface area (Å²) in [6.45, 7) is -0.00727. The highest BCUT2D eigenvalue weighted by molar-refractivity contribution is 8.13. The van der Waals surface area contributed by atoms with Gasteiger partial charge in [0, 0.05) is 12.2 Å². The first-order valence-electron chi connectivity index (χ1n) is 6.16. The van der Waals surface area contributed by atoms with Crippen molar-refractivity contribution >= 4 is 34.2 Å². The van der Waals surface area contributed by atoms with Gasteiger partial charge in [-0.3, -0.25) is 10.1 Å². The average molecular weight is 328 g/mol. The Labute approximate surface area is 128 Å². The van der Waals surface area contributed by atoms with Crippen LogP contribution in [-0.2, 0) is 11.2 Å². The van der Waals surface area contributed by atoms with E-state index in [4.69, 9.17) is 5.26 Å². The number of fused-ring (bicyclic) bond motifs is 1. The van der Waals surface area contributed by atoms with E-state index in [1.165, 1.54) is 23.9 Å². The average Bonchev–Trinajstić information content (AvgIpc) is 2.87. The van der Waals surface area contributed by atoms with Crippen molar-refractivity contribution in [1.82, 2.24) is 5.32 Å². The lowest BCUT2D eigenvalue weighted by Crippen LogP contribution is -2.40. The number of nitriles is 1. The maximum absolute atomic E-state index is 12.5. The van der Waals surface area contributed by atoms with Gasteiger partial charge in [-0.15, -0.1) is 0 Å². The van der Waals surface area contributed by atoms with Crippen LogP contribution in [0.25, 0.3) is 0 Å². The summed E-state index contributed by atoms with van der Waals surface area (Å²) >= 11 is 1.23. The molecule has 9 heteroatoms. The number of nitrogens with zero attached hydrogens (tertiary/aromatic N) is 3. The van der Waals surface area contributed by atoms with Crippen molar-refractivity contribution in [2.45, 2.75) is 12.6 Å². The highest BCUT2D eigenvalue weighted by Gasteiger charge is 2.44. The Hall–Kier alpha value is -2.21. The molecule has 1 aliphatic rings. The lowest BCUT2D eigenvalue weighted by molar-refractivity contribution is -0.170. The van der Waals surface area contributed by atoms with Gasteiger partial charge in [-0.05, 0) is 36.4 Å². The third-order valence-electron chi connectivity index (χ3n) is 3.03. The van der Waals surface area contributed by atoms with Gasteiger partial charge in [0.15, 0.2) is 11.4 Å². The molecule has 116 valence electrons. The van der Waals surface area contributed by atoms with Gasteiger partial charge >= 0.3 is 12.1 Å². The number of hydrogen-bond donors (Lipinski definition) is 1. The molecular formula is C13H11F3N4OS. The molecule has 5 nitrogen and oxygen atoms in total. The summed E-state index contributed by atoms with van der Waals surface area (Å²) < 4.78 is 37.6. The second-order valence-corrected chi connectivity index (χ2v) is 5.17. The van der Waals surface area contributed by atoms with E-state index in [1.54, 1.807) is 18.5 Å². The highest BCUT2D eigenvalue weighted by atomic mass is 32.2. The van der Waals surface area contributed by atoms with Gasteiger partial charge in [0.05, 0.1) is 5.69 Å². The fraction of sp³-hybridized carbons (Fsp3) is 0.308. The number of halogens is 3. The molecule has 0 unspecified atom stereocenters. The number of amides is 1. The summed E-state index contributed by atoms with van der Waals surface area (Å²) in [5.41, 5.74) is 1.38. The van der Waals surface area contributed by atoms with Crippen LogP contribution in [0.4, 0.5) is 24.5 Å². The Morgan fingerprint density at radius 2 is 2.23 bits per heavy atom. The van der Waals surface area contributed by atoms with Crippen LogP contribution >= 0.6 is 11.8 Å². The van der Waals surface area contributed by atoms with Gasteiger partial charge in [0.1, 0.15) is 0 Å². The van der Waals surface area contributed by atoms with Gasteiger partial charge in [-0.2, -0.15) is 18.4 Å². The number of aliphatic imine (C=N–C) groups is 1. The number of carbonyl (C=O) groups excluding carboxylic acids is 1. The number of carbonyl (C=O) groups is 1. The molecule has 0 aromatic heterocycles. The SMILES string of the molecule is CSC(=Nc1ccc2c(c1)CCN2C(=O)C(F)(F)F)NC#N. The molecule has 0 fully saturated rings. The minimum absolute atomic E-state index is 0.00727. The van der Waals surface area contributed by atoms with E-state index in [2.05, 4.69) is 10.3 Å². The summed E-state index contributed by atoms with van der Waals surface area (Å²) in [5, 5.41) is 11.3. The fourth-order valence-corrected chi connectivity index (χ4v) is 2.46. The number of anilines is 1. The van der Waals surface area contributed by atoms with Crippen molar-refractivity contribution in [1.29, 1.82) is 5.26 Å². The number of hydrogen-bond acceptors (Lipinski definition) is 4. The molecular weight excluding hydrogens is 317 g/mol. The lowest BCUT2D eigenvalue weighted by Gasteiger charge is -2.18. The quantitative estimate of drug-likeness (QED) is 0.372. The summed E-state index contributed by atoms with van der Waals surface area (Å²) in [6, 6.07) is 4.57. The van der Waals surface area contributed by atoms with Crippen molar-refractivity contribution in [3.63, 3.8) is 0 Å². The monoisotopic (exact) mass is 328 g/mol. The van der Waals surface area contributed by atoms with Gasteiger partial charge < -0.3 is 4.90 Å². The van der Waals surface area contributed by atoms with Crippen molar-refractivity contribution in [2.24, 2.45) is 4.99 Å². The zero-order valence-electron chi connectivity index (χ0n) is 11.4. The Morgan fingerprint density at radius 3 is 2.82 bits per heavy atom. The Balaban J connectivity index is 2.28. The Morgan fingerprint density at radius 1 is 1.50 bits per heavy atom. The number of nitrogens with one attached hydrogen (secondary N) is 1. The number of thioether (sulfide) groups is 1. The van der Waals surface area contributed by atoms with Crippen LogP contribution in [-0.4, -0.2) is 30.1 Å². The van der Waals surface area contributed by atoms with Crippen LogP contribution in [0.2, 0.25) is 0 Å². The molecule has 0 atom stereocenters. The molecule has 1 aromatic carbocycles. The van der Waals surface area contributed by atoms with E-state index in [1.807, 2.05) is 0 Å². The third kappa shape index (κ3) is 3.33. The van der Waals surface area contributed by atoms with E-state index in [0.29, 0.717) is 22.8 Å². The van der Waals surface area contributed by atoms with Crippen LogP contribution in [0.5, 0.6) is 0 Å². The van der Waals surface area contributed by atoms with E-state index in [-0.39, 0.29) is 12.2 Å². The van der Waals surface area contributed by atoms with E-state index < -0.39 is 12.1 Å². The molecule has 1 aromatic rings. The highest BCUT2D eigenvalue weighted by Crippen LogP contribution is 2.34. The number of alkyl halides is 3. The first kappa shape index (κ1) is 16.2. The third-order valence-corrected chi connectivity index (χ3v) is 3.61. The fourth-order valence-electron chi connectivity index (χ4n) is 2.11. The molecule has 0 aliphatic carbocycles. The molecule has 1 heterocycles. The van der Waals surface area contributed by atoms with Crippen LogP contribution in [0.3, 0.4) is 0 Å². The summed E-state index contributed by atoms with van der Waals surface area (Å²) in [5.74, 6) is -1.86. The molecule has 1 amide bonds. The molecule has 0 radical (unpaired) electrons. The zero-order chi connectivity index (χ0) is 16.3. The predicted octanol–water partition coefficient (Wildman–Crippen LogP) is 2.56. The van der Waals surface area contributed by atoms with Crippen LogP contribution in [0.1, 0.15) is 5.56 Å². The Kier molecular flexibility index (Phi) is 4.61. The van der Waals surface area contributed by atoms with Crippen LogP contribution in [0.15, 0.2) is 23.2 Å². The topological polar surface area (TPSA) is 68.5 Å². The number of rotatable bonds is 1. The van der Waals surface area contributed by atoms with Gasteiger partial charge in [-0.1, -0.05) is 11.8 Å². The maximum Gasteiger partial charge on any atom is 0.471 e. The molecule has 0 bridgehead atoms. The summed E-state index contributed by atoms with van der Waals surface area (Å²) in [4.78, 5) is 16.3. The first-order chi connectivity index (χ1) is 10.4. The molecule has 0 saturated heterocycles. The number of benzene rings is 1. The molecule has 1 aliphatic heterocycles. The lowest BCUT2D eigenvalue weighted by atomic mass is 10.1. The molecule has 0 spiro atoms. The van der Waals surface area contributed by atoms with Crippen molar-refractivity contribution < 1.29 is 18.0 Å². The second-order valence-electron chi connectivity index (χ2n) is 4.38. The molecule has 2 rings (SSSR count). The standard InChI is InChI=1S/C13H11F3N4OS/c1-22-12(18-7-17)19-9-2-3-10-8(6-9)4-5-20(10)11(21)13(14,15)16/h2-3,6H,4-5H2,1H3,(H,18,19). The van der Waals surface area contributed by atoms with Gasteiger partial charge in [0.2, 0.25) is 0 Å². The molecule has 0 saturated carbocycles. The summed E-state index contributed by atoms with van der Waals surface area (Å²) in [7, 11) is 0. The van der Waals surface area contributed by atoms with Crippen molar-refractivity contribution in [2.75, 3.05) is 17.7 Å². The van der Waals surface area contributed by atoms with Crippen molar-refractivity contribution in [3.8, 4) is 6.19 Å². The minimum atomic E-state index is -4.89. The van der Waals surface area contributed by atoms with Crippen LogP contribution < -0.4 is 10.2 Å². The van der Waals surface area contributed by atoms with E-state index >= 15 is 0 Å². The normalized spacial score (nSPS) is 14.5. The maximum atomic E-state index is 12.5. The van der Waals surface area contributed by atoms with Gasteiger partial charge in [-0.25, -0.2) is 4.99 Å². The number of amidine groups is 1. The smallest absolute Gasteiger partial charge is 0.304 e. The van der Waals surface area contributed by atoms with Gasteiger partial charge in [0.25, 0.3) is 0 Å². The summed E-state index contributed by atoms with van der Waals surface area (Å²) in [6.07, 6.45) is -1.07. The second kappa shape index (κ2) is 6.27. The Bertz CT molecular complexity index is 666. The zero-order valence-corrected chi connectivity index (χ0v) is 12.3. The van der Waals surface area contributed by atoms with E-state index in [0.717, 1.165) is 4.90 Å². The largest absolute Gasteiger partial charge is 0.471 e. The first-order valence-corrected chi connectivity index (χ1v) is 7.38. The molecule has 22 heavy (non-hydrogen) atoms. The van der Waals surface area contributed by atoms with E-state index in [9.17, 15) is 18.0 Å².